The van der Waals surface area contributed by atoms with Gasteiger partial charge in [-0.3, -0.25) is 4.31 Å². The molecule has 18 heavy (non-hydrogen) atoms. The van der Waals surface area contributed by atoms with Crippen LogP contribution >= 0.6 is 0 Å². The number of carbonyl (C=O) groups is 1. The number of hydrogen-bond donors (Lipinski definition) is 1. The van der Waals surface area contributed by atoms with Gasteiger partial charge >= 0.3 is 16.2 Å². The number of benzene rings is 1. The molecule has 1 fully saturated rings. The second-order valence-electron chi connectivity index (χ2n) is 4.04. The molecule has 1 aromatic carbocycles. The number of ether oxygens (including phenoxy) is 1. The van der Waals surface area contributed by atoms with Gasteiger partial charge in [-0.1, -0.05) is 6.07 Å². The predicted octanol–water partition coefficient (Wildman–Crippen LogP) is 0.516. The highest BCUT2D eigenvalue weighted by molar-refractivity contribution is 7.91. The summed E-state index contributed by atoms with van der Waals surface area (Å²) in [6, 6.07) is 6.17. The molecule has 0 unspecified atom stereocenters. The minimum atomic E-state index is -3.51. The first kappa shape index (κ1) is 12.8. The molecule has 0 radical (unpaired) electrons. The Morgan fingerprint density at radius 3 is 2.78 bits per heavy atom. The van der Waals surface area contributed by atoms with Crippen molar-refractivity contribution in [3.8, 4) is 0 Å². The Kier molecular flexibility index (Phi) is 3.27. The normalized spacial score (nSPS) is 21.9. The van der Waals surface area contributed by atoms with Gasteiger partial charge in [-0.2, -0.15) is 13.1 Å². The van der Waals surface area contributed by atoms with Gasteiger partial charge in [0.1, 0.15) is 0 Å². The van der Waals surface area contributed by atoms with Gasteiger partial charge in [-0.25, -0.2) is 4.79 Å². The number of hydrogen-bond acceptors (Lipinski definition) is 4. The number of carbonyl (C=O) groups excluding carboxylic acids is 1. The molecular weight excluding hydrogens is 256 g/mol. The lowest BCUT2D eigenvalue weighted by molar-refractivity contribution is 0.0600. The van der Waals surface area contributed by atoms with Gasteiger partial charge in [0.2, 0.25) is 0 Å². The molecule has 0 saturated carbocycles. The van der Waals surface area contributed by atoms with Crippen LogP contribution in [0.4, 0.5) is 5.69 Å². The van der Waals surface area contributed by atoms with Crippen molar-refractivity contribution in [3.63, 3.8) is 0 Å². The van der Waals surface area contributed by atoms with Crippen molar-refractivity contribution in [2.24, 2.45) is 0 Å². The zero-order valence-electron chi connectivity index (χ0n) is 10.1. The van der Waals surface area contributed by atoms with Gasteiger partial charge in [-0.05, 0) is 25.1 Å². The van der Waals surface area contributed by atoms with Gasteiger partial charge in [-0.15, -0.1) is 0 Å². The molecule has 0 amide bonds. The predicted molar refractivity (Wildman–Crippen MR) is 66.6 cm³/mol. The van der Waals surface area contributed by atoms with Crippen LogP contribution in [0.15, 0.2) is 24.3 Å². The first-order valence-corrected chi connectivity index (χ1v) is 6.87. The van der Waals surface area contributed by atoms with Crippen LogP contribution in [0.1, 0.15) is 17.3 Å². The smallest absolute Gasteiger partial charge is 0.337 e. The number of nitrogens with zero attached hydrogens (tertiary/aromatic N) is 1. The molecule has 1 heterocycles. The lowest BCUT2D eigenvalue weighted by Crippen LogP contribution is -2.33. The van der Waals surface area contributed by atoms with E-state index >= 15 is 0 Å². The highest BCUT2D eigenvalue weighted by Crippen LogP contribution is 2.24. The van der Waals surface area contributed by atoms with E-state index in [4.69, 9.17) is 0 Å². The van der Waals surface area contributed by atoms with Gasteiger partial charge in [0.15, 0.2) is 0 Å². The van der Waals surface area contributed by atoms with E-state index in [1.807, 2.05) is 0 Å². The van der Waals surface area contributed by atoms with Crippen LogP contribution in [0.3, 0.4) is 0 Å². The Morgan fingerprint density at radius 1 is 1.50 bits per heavy atom. The third-order valence-corrected chi connectivity index (χ3v) is 4.36. The standard InChI is InChI=1S/C11H14N2O4S/c1-8-7-12-18(15,16)13(8)10-5-3-4-9(6-10)11(14)17-2/h3-6,8,12H,7H2,1-2H3/t8-/m0/s1. The van der Waals surface area contributed by atoms with Gasteiger partial charge < -0.3 is 4.74 Å². The van der Waals surface area contributed by atoms with E-state index < -0.39 is 16.2 Å². The summed E-state index contributed by atoms with van der Waals surface area (Å²) in [4.78, 5) is 11.4. The van der Waals surface area contributed by atoms with Crippen molar-refractivity contribution in [3.05, 3.63) is 29.8 Å². The van der Waals surface area contributed by atoms with Gasteiger partial charge in [0.25, 0.3) is 0 Å². The highest BCUT2D eigenvalue weighted by Gasteiger charge is 2.34. The van der Waals surface area contributed by atoms with Crippen molar-refractivity contribution < 1.29 is 17.9 Å². The van der Waals surface area contributed by atoms with Crippen molar-refractivity contribution in [2.75, 3.05) is 18.0 Å². The van der Waals surface area contributed by atoms with Crippen LogP contribution in [-0.2, 0) is 14.9 Å². The second kappa shape index (κ2) is 4.58. The molecule has 1 aliphatic heterocycles. The number of methoxy groups -OCH3 is 1. The van der Waals surface area contributed by atoms with Crippen LogP contribution < -0.4 is 9.03 Å². The van der Waals surface area contributed by atoms with Crippen LogP contribution in [0.5, 0.6) is 0 Å². The fraction of sp³-hybridized carbons (Fsp3) is 0.364. The maximum Gasteiger partial charge on any atom is 0.337 e. The zero-order valence-corrected chi connectivity index (χ0v) is 10.9. The number of esters is 1. The zero-order chi connectivity index (χ0) is 13.3. The molecule has 2 rings (SSSR count). The third-order valence-electron chi connectivity index (χ3n) is 2.74. The van der Waals surface area contributed by atoms with Crippen LogP contribution in [0, 0.1) is 0 Å². The van der Waals surface area contributed by atoms with E-state index in [1.165, 1.54) is 17.5 Å². The molecule has 98 valence electrons. The summed E-state index contributed by atoms with van der Waals surface area (Å²) in [6.07, 6.45) is 0. The number of rotatable bonds is 2. The van der Waals surface area contributed by atoms with Crippen molar-refractivity contribution in [2.45, 2.75) is 13.0 Å². The van der Waals surface area contributed by atoms with Crippen molar-refractivity contribution in [1.82, 2.24) is 4.72 Å². The van der Waals surface area contributed by atoms with Crippen LogP contribution in [0.25, 0.3) is 0 Å². The SMILES string of the molecule is COC(=O)c1cccc(N2[C@@H](C)CNS2(=O)=O)c1. The maximum absolute atomic E-state index is 11.8. The van der Waals surface area contributed by atoms with Crippen LogP contribution in [-0.4, -0.2) is 34.1 Å². The summed E-state index contributed by atoms with van der Waals surface area (Å²) in [6.45, 7) is 2.15. The highest BCUT2D eigenvalue weighted by atomic mass is 32.2. The monoisotopic (exact) mass is 270 g/mol. The molecule has 1 aliphatic rings. The summed E-state index contributed by atoms with van der Waals surface area (Å²) in [7, 11) is -2.22. The summed E-state index contributed by atoms with van der Waals surface area (Å²) in [5, 5.41) is 0. The van der Waals surface area contributed by atoms with E-state index in [2.05, 4.69) is 9.46 Å². The molecule has 1 atom stereocenters. The summed E-state index contributed by atoms with van der Waals surface area (Å²) in [5.41, 5.74) is 0.778. The minimum absolute atomic E-state index is 0.192. The molecule has 1 N–H and O–H groups in total. The average molecular weight is 270 g/mol. The molecule has 1 aromatic rings. The lowest BCUT2D eigenvalue weighted by Gasteiger charge is -2.21. The molecule has 6 nitrogen and oxygen atoms in total. The topological polar surface area (TPSA) is 75.7 Å². The minimum Gasteiger partial charge on any atom is -0.465 e. The van der Waals surface area contributed by atoms with Crippen molar-refractivity contribution >= 4 is 21.9 Å². The quantitative estimate of drug-likeness (QED) is 0.795. The lowest BCUT2D eigenvalue weighted by atomic mass is 10.2. The van der Waals surface area contributed by atoms with E-state index in [1.54, 1.807) is 25.1 Å². The Morgan fingerprint density at radius 2 is 2.22 bits per heavy atom. The molecule has 1 saturated heterocycles. The molecule has 7 heteroatoms. The van der Waals surface area contributed by atoms with Gasteiger partial charge in [0.05, 0.1) is 24.4 Å². The van der Waals surface area contributed by atoms with Crippen molar-refractivity contribution in [1.29, 1.82) is 0 Å². The largest absolute Gasteiger partial charge is 0.465 e. The van der Waals surface area contributed by atoms with E-state index in [0.717, 1.165) is 0 Å². The fourth-order valence-electron chi connectivity index (χ4n) is 1.90. The number of anilines is 1. The summed E-state index contributed by atoms with van der Waals surface area (Å²) < 4.78 is 32.0. The van der Waals surface area contributed by atoms with E-state index in [9.17, 15) is 13.2 Å². The Labute approximate surface area is 106 Å². The third kappa shape index (κ3) is 2.19. The fourth-order valence-corrected chi connectivity index (χ4v) is 3.43. The van der Waals surface area contributed by atoms with E-state index in [-0.39, 0.29) is 6.04 Å². The first-order chi connectivity index (χ1) is 8.45. The Hall–Kier alpha value is -1.60. The van der Waals surface area contributed by atoms with E-state index in [0.29, 0.717) is 17.8 Å². The summed E-state index contributed by atoms with van der Waals surface area (Å²) >= 11 is 0. The number of nitrogens with one attached hydrogen (secondary N) is 1. The van der Waals surface area contributed by atoms with Crippen LogP contribution in [0.2, 0.25) is 0 Å². The molecule has 0 bridgehead atoms. The molecule has 0 aromatic heterocycles. The maximum atomic E-state index is 11.8. The second-order valence-corrected chi connectivity index (χ2v) is 5.67. The average Bonchev–Trinajstić information content (AvgIpc) is 2.62. The molecule has 0 aliphatic carbocycles. The summed E-state index contributed by atoms with van der Waals surface area (Å²) in [5.74, 6) is -0.492. The Balaban J connectivity index is 2.42. The Bertz CT molecular complexity index is 570. The first-order valence-electron chi connectivity index (χ1n) is 5.43. The molecular formula is C11H14N2O4S. The van der Waals surface area contributed by atoms with Gasteiger partial charge in [0, 0.05) is 6.54 Å². The molecule has 0 spiro atoms.